The molecule has 1 fully saturated rings. The minimum Gasteiger partial charge on any atom is -0.303 e. The van der Waals surface area contributed by atoms with Gasteiger partial charge in [0.25, 0.3) is 0 Å². The summed E-state index contributed by atoms with van der Waals surface area (Å²) in [5, 5.41) is 0. The minimum absolute atomic E-state index is 0.836. The van der Waals surface area contributed by atoms with E-state index in [1.54, 1.807) is 0 Å². The van der Waals surface area contributed by atoms with Gasteiger partial charge in [-0.2, -0.15) is 0 Å². The summed E-state index contributed by atoms with van der Waals surface area (Å²) in [6.45, 7) is 14.9. The molecule has 0 aromatic heterocycles. The van der Waals surface area contributed by atoms with E-state index in [-0.39, 0.29) is 0 Å². The van der Waals surface area contributed by atoms with Crippen LogP contribution in [0.25, 0.3) is 0 Å². The van der Waals surface area contributed by atoms with Gasteiger partial charge in [-0.25, -0.2) is 0 Å². The maximum Gasteiger partial charge on any atom is 0.000439 e. The summed E-state index contributed by atoms with van der Waals surface area (Å²) in [6, 6.07) is 0. The molecule has 0 unspecified atom stereocenters. The van der Waals surface area contributed by atoms with Gasteiger partial charge >= 0.3 is 0 Å². The smallest absolute Gasteiger partial charge is 0.000439 e. The van der Waals surface area contributed by atoms with E-state index < -0.39 is 0 Å². The molecule has 0 aromatic carbocycles. The Kier molecular flexibility index (Phi) is 8.26. The van der Waals surface area contributed by atoms with Crippen LogP contribution in [0.4, 0.5) is 0 Å². The molecule has 1 nitrogen and oxygen atoms in total. The van der Waals surface area contributed by atoms with Crippen molar-refractivity contribution < 1.29 is 0 Å². The van der Waals surface area contributed by atoms with Crippen LogP contribution >= 0.6 is 0 Å². The maximum atomic E-state index is 2.62. The highest BCUT2D eigenvalue weighted by Gasteiger charge is 2.17. The molecule has 1 aliphatic heterocycles. The van der Waals surface area contributed by atoms with E-state index in [1.165, 1.54) is 38.9 Å². The first-order chi connectivity index (χ1) is 6.72. The number of hydrogen-bond donors (Lipinski definition) is 0. The van der Waals surface area contributed by atoms with Crippen molar-refractivity contribution in [3.63, 3.8) is 0 Å². The van der Waals surface area contributed by atoms with Gasteiger partial charge in [-0.05, 0) is 37.8 Å². The normalized spacial score (nSPS) is 19.3. The molecule has 0 N–H and O–H groups in total. The summed E-state index contributed by atoms with van der Waals surface area (Å²) in [5.74, 6) is 1.86. The standard InChI is InChI=1S/C11H23N.C2H6/c1-4-11-5-7-12(8-6-11)9-10(2)3;1-2/h10-11H,4-9H2,1-3H3;1-2H3. The zero-order valence-corrected chi connectivity index (χ0v) is 10.8. The fourth-order valence-corrected chi connectivity index (χ4v) is 2.09. The van der Waals surface area contributed by atoms with Crippen LogP contribution in [0.3, 0.4) is 0 Å². The summed E-state index contributed by atoms with van der Waals surface area (Å²) in [4.78, 5) is 2.62. The van der Waals surface area contributed by atoms with E-state index in [9.17, 15) is 0 Å². The van der Waals surface area contributed by atoms with Gasteiger partial charge in [0.1, 0.15) is 0 Å². The van der Waals surface area contributed by atoms with Crippen LogP contribution in [-0.2, 0) is 0 Å². The molecule has 1 saturated heterocycles. The lowest BCUT2D eigenvalue weighted by molar-refractivity contribution is 0.166. The van der Waals surface area contributed by atoms with Gasteiger partial charge in [0.05, 0.1) is 0 Å². The van der Waals surface area contributed by atoms with Gasteiger partial charge in [0, 0.05) is 6.54 Å². The fraction of sp³-hybridized carbons (Fsp3) is 1.00. The van der Waals surface area contributed by atoms with Crippen molar-refractivity contribution in [1.29, 1.82) is 0 Å². The second-order valence-electron chi connectivity index (χ2n) is 4.55. The summed E-state index contributed by atoms with van der Waals surface area (Å²) in [6.07, 6.45) is 4.25. The summed E-state index contributed by atoms with van der Waals surface area (Å²) >= 11 is 0. The van der Waals surface area contributed by atoms with Crippen molar-refractivity contribution >= 4 is 0 Å². The third kappa shape index (κ3) is 5.64. The van der Waals surface area contributed by atoms with E-state index in [0.717, 1.165) is 11.8 Å². The Morgan fingerprint density at radius 2 is 1.64 bits per heavy atom. The Morgan fingerprint density at radius 3 is 2.00 bits per heavy atom. The molecule has 0 aliphatic carbocycles. The average Bonchev–Trinajstić information content (AvgIpc) is 2.21. The van der Waals surface area contributed by atoms with Crippen LogP contribution in [-0.4, -0.2) is 24.5 Å². The van der Waals surface area contributed by atoms with E-state index >= 15 is 0 Å². The van der Waals surface area contributed by atoms with Crippen LogP contribution in [0, 0.1) is 11.8 Å². The number of rotatable bonds is 3. The van der Waals surface area contributed by atoms with Crippen LogP contribution < -0.4 is 0 Å². The molecule has 1 heterocycles. The van der Waals surface area contributed by atoms with Gasteiger partial charge in [-0.3, -0.25) is 0 Å². The molecule has 86 valence electrons. The van der Waals surface area contributed by atoms with Crippen LogP contribution in [0.15, 0.2) is 0 Å². The highest BCUT2D eigenvalue weighted by atomic mass is 15.1. The zero-order chi connectivity index (χ0) is 11.0. The van der Waals surface area contributed by atoms with Crippen LogP contribution in [0.1, 0.15) is 53.9 Å². The Labute approximate surface area is 90.9 Å². The first-order valence-electron chi connectivity index (χ1n) is 6.44. The van der Waals surface area contributed by atoms with Crippen molar-refractivity contribution in [3.8, 4) is 0 Å². The SMILES string of the molecule is CC.CCC1CCN(CC(C)C)CC1. The quantitative estimate of drug-likeness (QED) is 0.668. The van der Waals surface area contributed by atoms with E-state index in [4.69, 9.17) is 0 Å². The Balaban J connectivity index is 0.000000791. The van der Waals surface area contributed by atoms with Gasteiger partial charge in [-0.15, -0.1) is 0 Å². The van der Waals surface area contributed by atoms with E-state index in [0.29, 0.717) is 0 Å². The monoisotopic (exact) mass is 199 g/mol. The predicted octanol–water partition coefficient (Wildman–Crippen LogP) is 3.79. The molecule has 0 saturated carbocycles. The highest BCUT2D eigenvalue weighted by Crippen LogP contribution is 2.20. The molecular weight excluding hydrogens is 170 g/mol. The highest BCUT2D eigenvalue weighted by molar-refractivity contribution is 4.71. The summed E-state index contributed by atoms with van der Waals surface area (Å²) in [5.41, 5.74) is 0. The average molecular weight is 199 g/mol. The first-order valence-corrected chi connectivity index (χ1v) is 6.44. The second-order valence-corrected chi connectivity index (χ2v) is 4.55. The zero-order valence-electron chi connectivity index (χ0n) is 10.8. The van der Waals surface area contributed by atoms with Gasteiger partial charge in [0.2, 0.25) is 0 Å². The van der Waals surface area contributed by atoms with E-state index in [1.807, 2.05) is 13.8 Å². The Morgan fingerprint density at radius 1 is 1.14 bits per heavy atom. The summed E-state index contributed by atoms with van der Waals surface area (Å²) in [7, 11) is 0. The number of likely N-dealkylation sites (tertiary alicyclic amines) is 1. The molecule has 1 heteroatoms. The van der Waals surface area contributed by atoms with Crippen molar-refractivity contribution in [2.24, 2.45) is 11.8 Å². The predicted molar refractivity (Wildman–Crippen MR) is 65.6 cm³/mol. The van der Waals surface area contributed by atoms with Gasteiger partial charge in [-0.1, -0.05) is 41.0 Å². The summed E-state index contributed by atoms with van der Waals surface area (Å²) < 4.78 is 0. The van der Waals surface area contributed by atoms with Gasteiger partial charge in [0.15, 0.2) is 0 Å². The third-order valence-corrected chi connectivity index (χ3v) is 2.91. The topological polar surface area (TPSA) is 3.24 Å². The maximum absolute atomic E-state index is 2.62. The van der Waals surface area contributed by atoms with Crippen molar-refractivity contribution in [2.75, 3.05) is 19.6 Å². The lowest BCUT2D eigenvalue weighted by Crippen LogP contribution is -2.35. The van der Waals surface area contributed by atoms with Crippen LogP contribution in [0.5, 0.6) is 0 Å². The molecule has 0 bridgehead atoms. The molecule has 0 atom stereocenters. The largest absolute Gasteiger partial charge is 0.303 e. The number of nitrogens with zero attached hydrogens (tertiary/aromatic N) is 1. The molecule has 0 radical (unpaired) electrons. The van der Waals surface area contributed by atoms with Crippen LogP contribution in [0.2, 0.25) is 0 Å². The molecule has 0 amide bonds. The lowest BCUT2D eigenvalue weighted by Gasteiger charge is -2.32. The lowest BCUT2D eigenvalue weighted by atomic mass is 9.94. The number of hydrogen-bond acceptors (Lipinski definition) is 1. The van der Waals surface area contributed by atoms with E-state index in [2.05, 4.69) is 25.7 Å². The molecule has 14 heavy (non-hydrogen) atoms. The molecule has 1 rings (SSSR count). The van der Waals surface area contributed by atoms with Crippen molar-refractivity contribution in [3.05, 3.63) is 0 Å². The van der Waals surface area contributed by atoms with Crippen molar-refractivity contribution in [1.82, 2.24) is 4.90 Å². The molecule has 0 aromatic rings. The molecule has 0 spiro atoms. The van der Waals surface area contributed by atoms with Gasteiger partial charge < -0.3 is 4.90 Å². The Bertz CT molecular complexity index is 112. The molecule has 1 aliphatic rings. The fourth-order valence-electron chi connectivity index (χ4n) is 2.09. The molecular formula is C13H29N. The third-order valence-electron chi connectivity index (χ3n) is 2.91. The van der Waals surface area contributed by atoms with Crippen molar-refractivity contribution in [2.45, 2.75) is 53.9 Å². The number of piperidine rings is 1. The minimum atomic E-state index is 0.836. The first kappa shape index (κ1) is 14.0. The second kappa shape index (κ2) is 8.28. The Hall–Kier alpha value is -0.0400.